The van der Waals surface area contributed by atoms with Crippen LogP contribution in [0, 0.1) is 10.8 Å². The summed E-state index contributed by atoms with van der Waals surface area (Å²) >= 11 is 0. The van der Waals surface area contributed by atoms with E-state index in [4.69, 9.17) is 0 Å². The molecule has 0 saturated heterocycles. The van der Waals surface area contributed by atoms with Crippen molar-refractivity contribution in [2.75, 3.05) is 6.54 Å². The van der Waals surface area contributed by atoms with E-state index in [0.29, 0.717) is 11.5 Å². The van der Waals surface area contributed by atoms with Crippen LogP contribution in [0.15, 0.2) is 0 Å². The van der Waals surface area contributed by atoms with E-state index in [2.05, 4.69) is 39.9 Å². The van der Waals surface area contributed by atoms with Gasteiger partial charge in [-0.05, 0) is 42.9 Å². The van der Waals surface area contributed by atoms with E-state index in [0.717, 1.165) is 13.0 Å². The SMILES string of the molecule is CC(C)(C)CC(O)CNC1CCCC(C)(C)CC1. The molecule has 0 amide bonds. The standard InChI is InChI=1S/C16H33NO/c1-15(2,3)11-14(18)12-17-13-7-6-9-16(4,5)10-8-13/h13-14,17-18H,6-12H2,1-5H3. The zero-order valence-corrected chi connectivity index (χ0v) is 13.1. The summed E-state index contributed by atoms with van der Waals surface area (Å²) in [6.07, 6.45) is 7.16. The fourth-order valence-electron chi connectivity index (χ4n) is 2.95. The monoisotopic (exact) mass is 255 g/mol. The molecular weight excluding hydrogens is 222 g/mol. The topological polar surface area (TPSA) is 32.3 Å². The van der Waals surface area contributed by atoms with Crippen molar-refractivity contribution in [3.8, 4) is 0 Å². The van der Waals surface area contributed by atoms with Crippen LogP contribution < -0.4 is 5.32 Å². The fraction of sp³-hybridized carbons (Fsp3) is 1.00. The predicted octanol–water partition coefficient (Wildman–Crippen LogP) is 3.73. The normalized spacial score (nSPS) is 26.7. The van der Waals surface area contributed by atoms with Gasteiger partial charge in [-0.25, -0.2) is 0 Å². The molecule has 0 spiro atoms. The molecule has 0 aromatic carbocycles. The lowest BCUT2D eigenvalue weighted by molar-refractivity contribution is 0.115. The second-order valence-electron chi connectivity index (χ2n) is 8.12. The maximum Gasteiger partial charge on any atom is 0.0669 e. The Balaban J connectivity index is 2.27. The summed E-state index contributed by atoms with van der Waals surface area (Å²) in [5.41, 5.74) is 0.729. The summed E-state index contributed by atoms with van der Waals surface area (Å²) in [7, 11) is 0. The van der Waals surface area contributed by atoms with E-state index < -0.39 is 0 Å². The molecule has 1 fully saturated rings. The van der Waals surface area contributed by atoms with Gasteiger partial charge >= 0.3 is 0 Å². The Bertz CT molecular complexity index is 242. The van der Waals surface area contributed by atoms with Gasteiger partial charge in [-0.15, -0.1) is 0 Å². The largest absolute Gasteiger partial charge is 0.392 e. The van der Waals surface area contributed by atoms with Crippen LogP contribution in [0.25, 0.3) is 0 Å². The van der Waals surface area contributed by atoms with Crippen LogP contribution in [-0.4, -0.2) is 23.8 Å². The Kier molecular flexibility index (Phi) is 5.67. The lowest BCUT2D eigenvalue weighted by Crippen LogP contribution is -2.37. The molecule has 1 rings (SSSR count). The Hall–Kier alpha value is -0.0800. The molecule has 18 heavy (non-hydrogen) atoms. The molecule has 1 saturated carbocycles. The van der Waals surface area contributed by atoms with Crippen molar-refractivity contribution in [2.45, 2.75) is 85.3 Å². The average Bonchev–Trinajstić information content (AvgIpc) is 2.34. The Labute approximate surface area is 114 Å². The second kappa shape index (κ2) is 6.38. The quantitative estimate of drug-likeness (QED) is 0.750. The highest BCUT2D eigenvalue weighted by Gasteiger charge is 2.24. The lowest BCUT2D eigenvalue weighted by atomic mass is 9.85. The van der Waals surface area contributed by atoms with E-state index in [9.17, 15) is 5.11 Å². The van der Waals surface area contributed by atoms with Gasteiger partial charge in [-0.2, -0.15) is 0 Å². The molecule has 0 aliphatic heterocycles. The molecule has 2 nitrogen and oxygen atoms in total. The zero-order valence-electron chi connectivity index (χ0n) is 13.1. The number of hydrogen-bond donors (Lipinski definition) is 2. The van der Waals surface area contributed by atoms with Crippen LogP contribution in [0.4, 0.5) is 0 Å². The number of rotatable bonds is 4. The predicted molar refractivity (Wildman–Crippen MR) is 78.7 cm³/mol. The molecule has 2 atom stereocenters. The zero-order chi connectivity index (χ0) is 13.8. The van der Waals surface area contributed by atoms with Gasteiger partial charge in [0.1, 0.15) is 0 Å². The van der Waals surface area contributed by atoms with Crippen LogP contribution in [0.3, 0.4) is 0 Å². The summed E-state index contributed by atoms with van der Waals surface area (Å²) in [5.74, 6) is 0. The van der Waals surface area contributed by atoms with Crippen LogP contribution in [0.1, 0.15) is 73.1 Å². The van der Waals surface area contributed by atoms with Gasteiger partial charge < -0.3 is 10.4 Å². The Morgan fingerprint density at radius 1 is 1.22 bits per heavy atom. The van der Waals surface area contributed by atoms with Crippen molar-refractivity contribution in [3.05, 3.63) is 0 Å². The van der Waals surface area contributed by atoms with Crippen LogP contribution >= 0.6 is 0 Å². The maximum atomic E-state index is 10.0. The molecule has 0 aromatic rings. The molecule has 0 aromatic heterocycles. The van der Waals surface area contributed by atoms with E-state index in [1.165, 1.54) is 32.1 Å². The van der Waals surface area contributed by atoms with Gasteiger partial charge in [-0.3, -0.25) is 0 Å². The van der Waals surface area contributed by atoms with Gasteiger partial charge in [0.15, 0.2) is 0 Å². The number of aliphatic hydroxyl groups is 1. The van der Waals surface area contributed by atoms with Gasteiger partial charge in [0.2, 0.25) is 0 Å². The summed E-state index contributed by atoms with van der Waals surface area (Å²) in [6.45, 7) is 12.1. The third-order valence-corrected chi connectivity index (χ3v) is 4.07. The van der Waals surface area contributed by atoms with Crippen LogP contribution in [0.2, 0.25) is 0 Å². The molecule has 1 aliphatic rings. The highest BCUT2D eigenvalue weighted by Crippen LogP contribution is 2.33. The number of hydrogen-bond acceptors (Lipinski definition) is 2. The third-order valence-electron chi connectivity index (χ3n) is 4.07. The van der Waals surface area contributed by atoms with Gasteiger partial charge in [-0.1, -0.05) is 41.0 Å². The lowest BCUT2D eigenvalue weighted by Gasteiger charge is -2.25. The minimum Gasteiger partial charge on any atom is -0.392 e. The van der Waals surface area contributed by atoms with Crippen molar-refractivity contribution in [1.82, 2.24) is 5.32 Å². The summed E-state index contributed by atoms with van der Waals surface area (Å²) in [5, 5.41) is 13.6. The first kappa shape index (κ1) is 16.0. The molecule has 2 unspecified atom stereocenters. The number of aliphatic hydroxyl groups excluding tert-OH is 1. The van der Waals surface area contributed by atoms with Crippen molar-refractivity contribution < 1.29 is 5.11 Å². The molecule has 108 valence electrons. The first-order valence-electron chi connectivity index (χ1n) is 7.59. The van der Waals surface area contributed by atoms with Crippen molar-refractivity contribution >= 4 is 0 Å². The molecule has 2 heteroatoms. The minimum atomic E-state index is -0.207. The molecule has 0 bridgehead atoms. The highest BCUT2D eigenvalue weighted by atomic mass is 16.3. The van der Waals surface area contributed by atoms with Crippen molar-refractivity contribution in [2.24, 2.45) is 10.8 Å². The first-order chi connectivity index (χ1) is 8.18. The van der Waals surface area contributed by atoms with Gasteiger partial charge in [0, 0.05) is 12.6 Å². The molecule has 1 aliphatic carbocycles. The van der Waals surface area contributed by atoms with E-state index in [1.807, 2.05) is 0 Å². The van der Waals surface area contributed by atoms with E-state index in [1.54, 1.807) is 0 Å². The van der Waals surface area contributed by atoms with E-state index >= 15 is 0 Å². The number of nitrogens with one attached hydrogen (secondary N) is 1. The Morgan fingerprint density at radius 2 is 1.89 bits per heavy atom. The first-order valence-corrected chi connectivity index (χ1v) is 7.59. The molecule has 0 heterocycles. The molecule has 2 N–H and O–H groups in total. The van der Waals surface area contributed by atoms with Crippen molar-refractivity contribution in [1.29, 1.82) is 0 Å². The minimum absolute atomic E-state index is 0.207. The highest BCUT2D eigenvalue weighted by molar-refractivity contribution is 4.80. The third kappa shape index (κ3) is 6.75. The van der Waals surface area contributed by atoms with Crippen LogP contribution in [0.5, 0.6) is 0 Å². The van der Waals surface area contributed by atoms with E-state index in [-0.39, 0.29) is 11.5 Å². The fourth-order valence-corrected chi connectivity index (χ4v) is 2.95. The summed E-state index contributed by atoms with van der Waals surface area (Å²) < 4.78 is 0. The van der Waals surface area contributed by atoms with Gasteiger partial charge in [0.05, 0.1) is 6.10 Å². The smallest absolute Gasteiger partial charge is 0.0669 e. The Morgan fingerprint density at radius 3 is 2.50 bits per heavy atom. The van der Waals surface area contributed by atoms with Crippen LogP contribution in [-0.2, 0) is 0 Å². The maximum absolute atomic E-state index is 10.0. The molecular formula is C16H33NO. The van der Waals surface area contributed by atoms with Crippen molar-refractivity contribution in [3.63, 3.8) is 0 Å². The molecule has 0 radical (unpaired) electrons. The summed E-state index contributed by atoms with van der Waals surface area (Å²) in [6, 6.07) is 0.612. The second-order valence-corrected chi connectivity index (χ2v) is 8.12. The average molecular weight is 255 g/mol. The summed E-state index contributed by atoms with van der Waals surface area (Å²) in [4.78, 5) is 0. The van der Waals surface area contributed by atoms with Gasteiger partial charge in [0.25, 0.3) is 0 Å².